The summed E-state index contributed by atoms with van der Waals surface area (Å²) in [5.41, 5.74) is 6.89. The van der Waals surface area contributed by atoms with Gasteiger partial charge in [0.15, 0.2) is 0 Å². The molecule has 2 heterocycles. The van der Waals surface area contributed by atoms with Crippen molar-refractivity contribution in [1.82, 2.24) is 15.1 Å². The van der Waals surface area contributed by atoms with Crippen molar-refractivity contribution in [2.45, 2.75) is 51.6 Å². The van der Waals surface area contributed by atoms with Crippen molar-refractivity contribution < 1.29 is 9.53 Å². The molecule has 0 aromatic heterocycles. The number of nitrogens with zero attached hydrogens (tertiary/aromatic N) is 2. The molecule has 0 bridgehead atoms. The third-order valence-electron chi connectivity index (χ3n) is 7.24. The maximum Gasteiger partial charge on any atom is 0.234 e. The predicted molar refractivity (Wildman–Crippen MR) is 127 cm³/mol. The van der Waals surface area contributed by atoms with E-state index in [0.717, 1.165) is 51.5 Å². The van der Waals surface area contributed by atoms with Crippen LogP contribution in [0, 0.1) is 0 Å². The van der Waals surface area contributed by atoms with Crippen LogP contribution in [-0.4, -0.2) is 55.0 Å². The summed E-state index contributed by atoms with van der Waals surface area (Å²) in [7, 11) is 0. The van der Waals surface area contributed by atoms with E-state index in [-0.39, 0.29) is 11.9 Å². The van der Waals surface area contributed by atoms with Gasteiger partial charge >= 0.3 is 0 Å². The van der Waals surface area contributed by atoms with Crippen LogP contribution in [0.3, 0.4) is 0 Å². The standard InChI is InChI=1S/C27H35N3O2/c1-20(23-8-7-22-4-2-3-5-24(22)17-23)28-27(31)19-30-13-11-29(12-14-30)18-21-6-9-26-25(16-21)10-15-32-26/h6-9,16-17,20H,2-5,10-15,18-19H2,1H3,(H,28,31). The molecule has 5 rings (SSSR count). The van der Waals surface area contributed by atoms with Crippen LogP contribution in [0.1, 0.15) is 53.6 Å². The second kappa shape index (κ2) is 9.63. The van der Waals surface area contributed by atoms with Gasteiger partial charge in [-0.3, -0.25) is 14.6 Å². The Labute approximate surface area is 191 Å². The Morgan fingerprint density at radius 1 is 0.938 bits per heavy atom. The van der Waals surface area contributed by atoms with Crippen LogP contribution < -0.4 is 10.1 Å². The van der Waals surface area contributed by atoms with Crippen LogP contribution in [0.4, 0.5) is 0 Å². The first-order valence-corrected chi connectivity index (χ1v) is 12.2. The lowest BCUT2D eigenvalue weighted by Crippen LogP contribution is -2.49. The number of fused-ring (bicyclic) bond motifs is 2. The van der Waals surface area contributed by atoms with Gasteiger partial charge in [-0.2, -0.15) is 0 Å². The molecule has 0 spiro atoms. The van der Waals surface area contributed by atoms with E-state index in [1.165, 1.54) is 53.5 Å². The Bertz CT molecular complexity index is 965. The SMILES string of the molecule is CC(NC(=O)CN1CCN(Cc2ccc3c(c2)CCO3)CC1)c1ccc2c(c1)CCCC2. The molecule has 0 saturated carbocycles. The van der Waals surface area contributed by atoms with E-state index in [2.05, 4.69) is 58.4 Å². The van der Waals surface area contributed by atoms with Crippen molar-refractivity contribution in [2.75, 3.05) is 39.3 Å². The number of benzene rings is 2. The van der Waals surface area contributed by atoms with Crippen LogP contribution in [-0.2, 0) is 30.6 Å². The molecule has 5 heteroatoms. The van der Waals surface area contributed by atoms with Gasteiger partial charge < -0.3 is 10.1 Å². The number of hydrogen-bond acceptors (Lipinski definition) is 4. The molecule has 1 saturated heterocycles. The fraction of sp³-hybridized carbons (Fsp3) is 0.519. The molecule has 5 nitrogen and oxygen atoms in total. The second-order valence-corrected chi connectivity index (χ2v) is 9.62. The van der Waals surface area contributed by atoms with E-state index in [9.17, 15) is 4.79 Å². The molecular formula is C27H35N3O2. The molecule has 32 heavy (non-hydrogen) atoms. The van der Waals surface area contributed by atoms with Crippen molar-refractivity contribution in [2.24, 2.45) is 0 Å². The minimum absolute atomic E-state index is 0.0554. The number of piperazine rings is 1. The average molecular weight is 434 g/mol. The third-order valence-corrected chi connectivity index (χ3v) is 7.24. The van der Waals surface area contributed by atoms with E-state index in [4.69, 9.17) is 4.74 Å². The monoisotopic (exact) mass is 433 g/mol. The molecule has 170 valence electrons. The first-order chi connectivity index (χ1) is 15.6. The fourth-order valence-corrected chi connectivity index (χ4v) is 5.30. The Hall–Kier alpha value is -2.37. The lowest BCUT2D eigenvalue weighted by molar-refractivity contribution is -0.123. The Kier molecular flexibility index (Phi) is 6.47. The summed E-state index contributed by atoms with van der Waals surface area (Å²) in [6.45, 7) is 8.25. The lowest BCUT2D eigenvalue weighted by Gasteiger charge is -2.34. The summed E-state index contributed by atoms with van der Waals surface area (Å²) in [5, 5.41) is 3.22. The second-order valence-electron chi connectivity index (χ2n) is 9.62. The van der Waals surface area contributed by atoms with Gasteiger partial charge in [0.25, 0.3) is 0 Å². The predicted octanol–water partition coefficient (Wildman–Crippen LogP) is 3.50. The summed E-state index contributed by atoms with van der Waals surface area (Å²) in [4.78, 5) is 17.5. The van der Waals surface area contributed by atoms with Gasteiger partial charge in [-0.15, -0.1) is 0 Å². The number of nitrogens with one attached hydrogen (secondary N) is 1. The molecule has 2 aromatic rings. The minimum atomic E-state index is 0.0554. The van der Waals surface area contributed by atoms with Crippen molar-refractivity contribution in [1.29, 1.82) is 0 Å². The smallest absolute Gasteiger partial charge is 0.234 e. The number of carbonyl (C=O) groups is 1. The average Bonchev–Trinajstić information content (AvgIpc) is 3.28. The highest BCUT2D eigenvalue weighted by atomic mass is 16.5. The van der Waals surface area contributed by atoms with Gasteiger partial charge in [0.2, 0.25) is 5.91 Å². The van der Waals surface area contributed by atoms with E-state index in [1.807, 2.05) is 0 Å². The van der Waals surface area contributed by atoms with Crippen LogP contribution in [0.5, 0.6) is 5.75 Å². The van der Waals surface area contributed by atoms with Gasteiger partial charge in [0, 0.05) is 39.1 Å². The fourth-order valence-electron chi connectivity index (χ4n) is 5.30. The van der Waals surface area contributed by atoms with Crippen LogP contribution in [0.2, 0.25) is 0 Å². The van der Waals surface area contributed by atoms with Crippen molar-refractivity contribution in [3.8, 4) is 5.75 Å². The molecule has 0 radical (unpaired) electrons. The molecule has 1 fully saturated rings. The molecule has 1 aliphatic carbocycles. The summed E-state index contributed by atoms with van der Waals surface area (Å²) in [6.07, 6.45) is 5.98. The summed E-state index contributed by atoms with van der Waals surface area (Å²) < 4.78 is 5.62. The number of amides is 1. The quantitative estimate of drug-likeness (QED) is 0.758. The van der Waals surface area contributed by atoms with E-state index in [0.29, 0.717) is 6.54 Å². The number of hydrogen-bond donors (Lipinski definition) is 1. The number of carbonyl (C=O) groups excluding carboxylic acids is 1. The van der Waals surface area contributed by atoms with Crippen LogP contribution in [0.15, 0.2) is 36.4 Å². The number of rotatable bonds is 6. The van der Waals surface area contributed by atoms with E-state index in [1.54, 1.807) is 0 Å². The van der Waals surface area contributed by atoms with Crippen molar-refractivity contribution >= 4 is 5.91 Å². The third kappa shape index (κ3) is 5.00. The van der Waals surface area contributed by atoms with Gasteiger partial charge in [0.05, 0.1) is 19.2 Å². The molecule has 3 aliphatic rings. The maximum atomic E-state index is 12.7. The summed E-state index contributed by atoms with van der Waals surface area (Å²) >= 11 is 0. The van der Waals surface area contributed by atoms with Crippen LogP contribution >= 0.6 is 0 Å². The molecular weight excluding hydrogens is 398 g/mol. The lowest BCUT2D eigenvalue weighted by atomic mass is 9.89. The summed E-state index contributed by atoms with van der Waals surface area (Å²) in [6, 6.07) is 13.4. The zero-order valence-corrected chi connectivity index (χ0v) is 19.2. The molecule has 2 aliphatic heterocycles. The van der Waals surface area contributed by atoms with Gasteiger partial charge in [-0.25, -0.2) is 0 Å². The molecule has 1 N–H and O–H groups in total. The first-order valence-electron chi connectivity index (χ1n) is 12.2. The van der Waals surface area contributed by atoms with Gasteiger partial charge in [-0.1, -0.05) is 30.3 Å². The Balaban J connectivity index is 1.08. The highest BCUT2D eigenvalue weighted by Crippen LogP contribution is 2.27. The highest BCUT2D eigenvalue weighted by Gasteiger charge is 2.21. The zero-order chi connectivity index (χ0) is 21.9. The highest BCUT2D eigenvalue weighted by molar-refractivity contribution is 5.78. The van der Waals surface area contributed by atoms with Gasteiger partial charge in [0.1, 0.15) is 5.75 Å². The molecule has 1 amide bonds. The normalized spacial score (nSPS) is 19.7. The van der Waals surface area contributed by atoms with Gasteiger partial charge in [-0.05, 0) is 66.5 Å². The zero-order valence-electron chi connectivity index (χ0n) is 19.2. The minimum Gasteiger partial charge on any atom is -0.493 e. The number of aryl methyl sites for hydroxylation is 2. The molecule has 1 unspecified atom stereocenters. The Morgan fingerprint density at radius 2 is 1.72 bits per heavy atom. The Morgan fingerprint density at radius 3 is 2.56 bits per heavy atom. The summed E-state index contributed by atoms with van der Waals surface area (Å²) in [5.74, 6) is 1.18. The van der Waals surface area contributed by atoms with E-state index < -0.39 is 0 Å². The topological polar surface area (TPSA) is 44.8 Å². The first kappa shape index (κ1) is 21.5. The van der Waals surface area contributed by atoms with E-state index >= 15 is 0 Å². The molecule has 2 aromatic carbocycles. The maximum absolute atomic E-state index is 12.7. The van der Waals surface area contributed by atoms with Crippen molar-refractivity contribution in [3.05, 3.63) is 64.2 Å². The largest absolute Gasteiger partial charge is 0.493 e. The van der Waals surface area contributed by atoms with Crippen molar-refractivity contribution in [3.63, 3.8) is 0 Å². The number of ether oxygens (including phenoxy) is 1. The molecule has 1 atom stereocenters. The van der Waals surface area contributed by atoms with Crippen LogP contribution in [0.25, 0.3) is 0 Å².